The van der Waals surface area contributed by atoms with Crippen LogP contribution in [0, 0.1) is 23.7 Å². The second-order valence-electron chi connectivity index (χ2n) is 4.12. The molecule has 4 heteroatoms. The van der Waals surface area contributed by atoms with E-state index in [1.807, 2.05) is 13.8 Å². The molecule has 1 N–H and O–H groups in total. The van der Waals surface area contributed by atoms with Crippen molar-refractivity contribution in [3.05, 3.63) is 11.3 Å². The quantitative estimate of drug-likeness (QED) is 0.684. The normalized spacial score (nSPS) is 26.4. The van der Waals surface area contributed by atoms with E-state index in [9.17, 15) is 13.2 Å². The Morgan fingerprint density at radius 2 is 2.00 bits per heavy atom. The van der Waals surface area contributed by atoms with Crippen LogP contribution in [0.4, 0.5) is 13.2 Å². The second-order valence-corrected chi connectivity index (χ2v) is 4.12. The summed E-state index contributed by atoms with van der Waals surface area (Å²) in [4.78, 5) is 0. The van der Waals surface area contributed by atoms with Crippen molar-refractivity contribution in [3.63, 3.8) is 0 Å². The van der Waals surface area contributed by atoms with Gasteiger partial charge in [0.2, 0.25) is 0 Å². The number of alkyl halides is 3. The molecule has 0 aromatic heterocycles. The zero-order valence-electron chi connectivity index (χ0n) is 9.70. The molecule has 90 valence electrons. The molecule has 0 fully saturated rings. The molecular weight excluding hydrogens is 215 g/mol. The van der Waals surface area contributed by atoms with E-state index >= 15 is 0 Å². The molecule has 0 aromatic rings. The van der Waals surface area contributed by atoms with Gasteiger partial charge in [0, 0.05) is 18.2 Å². The highest BCUT2D eigenvalue weighted by Crippen LogP contribution is 2.29. The van der Waals surface area contributed by atoms with Gasteiger partial charge in [0.05, 0.1) is 0 Å². The van der Waals surface area contributed by atoms with Crippen LogP contribution in [0.25, 0.3) is 0 Å². The van der Waals surface area contributed by atoms with Crippen LogP contribution in [0.5, 0.6) is 0 Å². The summed E-state index contributed by atoms with van der Waals surface area (Å²) in [7, 11) is 0. The standard InChI is InChI=1S/C12H16F3N/c1-4-11-10(12(13,14)15)6-5-8(2)9(3)7-16-11/h8-9,16H,4,7H2,1-3H3. The maximum absolute atomic E-state index is 12.7. The fourth-order valence-corrected chi connectivity index (χ4v) is 1.50. The lowest BCUT2D eigenvalue weighted by molar-refractivity contribution is -0.0884. The Kier molecular flexibility index (Phi) is 3.90. The minimum Gasteiger partial charge on any atom is -0.387 e. The van der Waals surface area contributed by atoms with Crippen molar-refractivity contribution in [2.75, 3.05) is 6.54 Å². The summed E-state index contributed by atoms with van der Waals surface area (Å²) in [5.41, 5.74) is -0.507. The van der Waals surface area contributed by atoms with Gasteiger partial charge in [-0.25, -0.2) is 0 Å². The Morgan fingerprint density at radius 1 is 1.38 bits per heavy atom. The molecule has 2 unspecified atom stereocenters. The lowest BCUT2D eigenvalue weighted by Gasteiger charge is -2.22. The van der Waals surface area contributed by atoms with Crippen molar-refractivity contribution in [2.45, 2.75) is 33.4 Å². The Morgan fingerprint density at radius 3 is 2.50 bits per heavy atom. The van der Waals surface area contributed by atoms with Gasteiger partial charge in [0.1, 0.15) is 5.57 Å². The average Bonchev–Trinajstić information content (AvgIpc) is 2.17. The van der Waals surface area contributed by atoms with Crippen LogP contribution >= 0.6 is 0 Å². The average molecular weight is 231 g/mol. The van der Waals surface area contributed by atoms with Crippen LogP contribution in [0.1, 0.15) is 27.2 Å². The Balaban J connectivity index is 3.14. The lowest BCUT2D eigenvalue weighted by Crippen LogP contribution is -2.29. The molecule has 1 heterocycles. The second kappa shape index (κ2) is 4.82. The van der Waals surface area contributed by atoms with Crippen LogP contribution in [0.2, 0.25) is 0 Å². The molecule has 1 aliphatic heterocycles. The largest absolute Gasteiger partial charge is 0.425 e. The fraction of sp³-hybridized carbons (Fsp3) is 0.667. The summed E-state index contributed by atoms with van der Waals surface area (Å²) < 4.78 is 38.1. The van der Waals surface area contributed by atoms with Crippen LogP contribution in [-0.4, -0.2) is 12.7 Å². The molecule has 16 heavy (non-hydrogen) atoms. The highest BCUT2D eigenvalue weighted by molar-refractivity contribution is 5.38. The highest BCUT2D eigenvalue weighted by Gasteiger charge is 2.35. The van der Waals surface area contributed by atoms with Crippen LogP contribution in [0.3, 0.4) is 0 Å². The molecule has 2 atom stereocenters. The number of rotatable bonds is 1. The predicted molar refractivity (Wildman–Crippen MR) is 57.5 cm³/mol. The predicted octanol–water partition coefficient (Wildman–Crippen LogP) is 3.09. The molecule has 0 aromatic carbocycles. The SMILES string of the molecule is CCC1=C(C(F)(F)F)C#CC(C)C(C)CN1. The van der Waals surface area contributed by atoms with E-state index in [-0.39, 0.29) is 17.5 Å². The molecule has 0 saturated heterocycles. The molecule has 1 rings (SSSR count). The first-order valence-electron chi connectivity index (χ1n) is 5.42. The Bertz CT molecular complexity index is 344. The Hall–Kier alpha value is -1.11. The zero-order chi connectivity index (χ0) is 12.3. The molecular formula is C12H16F3N. The third kappa shape index (κ3) is 2.94. The van der Waals surface area contributed by atoms with Gasteiger partial charge in [-0.3, -0.25) is 0 Å². The van der Waals surface area contributed by atoms with E-state index in [1.165, 1.54) is 0 Å². The zero-order valence-corrected chi connectivity index (χ0v) is 9.70. The molecule has 1 nitrogen and oxygen atoms in total. The van der Waals surface area contributed by atoms with E-state index < -0.39 is 11.7 Å². The first-order chi connectivity index (χ1) is 7.36. The molecule has 0 saturated carbocycles. The third-order valence-corrected chi connectivity index (χ3v) is 2.85. The van der Waals surface area contributed by atoms with Gasteiger partial charge in [0.25, 0.3) is 0 Å². The lowest BCUT2D eigenvalue weighted by atomic mass is 9.94. The van der Waals surface area contributed by atoms with E-state index in [2.05, 4.69) is 17.2 Å². The van der Waals surface area contributed by atoms with E-state index in [0.717, 1.165) is 0 Å². The number of allylic oxidation sites excluding steroid dienone is 2. The summed E-state index contributed by atoms with van der Waals surface area (Å²) in [6.07, 6.45) is -4.03. The maximum atomic E-state index is 12.7. The molecule has 0 aliphatic carbocycles. The molecule has 1 aliphatic rings. The third-order valence-electron chi connectivity index (χ3n) is 2.85. The monoisotopic (exact) mass is 231 g/mol. The number of halogens is 3. The molecule has 0 bridgehead atoms. The first kappa shape index (κ1) is 13.0. The van der Waals surface area contributed by atoms with Gasteiger partial charge in [-0.15, -0.1) is 0 Å². The summed E-state index contributed by atoms with van der Waals surface area (Å²) >= 11 is 0. The molecule has 0 radical (unpaired) electrons. The Labute approximate surface area is 94.1 Å². The van der Waals surface area contributed by atoms with Crippen molar-refractivity contribution in [2.24, 2.45) is 11.8 Å². The maximum Gasteiger partial charge on any atom is 0.425 e. The van der Waals surface area contributed by atoms with Crippen molar-refractivity contribution < 1.29 is 13.2 Å². The number of nitrogens with one attached hydrogen (secondary N) is 1. The highest BCUT2D eigenvalue weighted by atomic mass is 19.4. The van der Waals surface area contributed by atoms with Gasteiger partial charge >= 0.3 is 6.18 Å². The van der Waals surface area contributed by atoms with Crippen molar-refractivity contribution in [3.8, 4) is 11.8 Å². The van der Waals surface area contributed by atoms with E-state index in [1.54, 1.807) is 6.92 Å². The number of hydrogen-bond acceptors (Lipinski definition) is 1. The van der Waals surface area contributed by atoms with Gasteiger partial charge in [-0.2, -0.15) is 13.2 Å². The minimum atomic E-state index is -4.36. The smallest absolute Gasteiger partial charge is 0.387 e. The van der Waals surface area contributed by atoms with Crippen molar-refractivity contribution >= 4 is 0 Å². The van der Waals surface area contributed by atoms with Crippen LogP contribution < -0.4 is 5.32 Å². The van der Waals surface area contributed by atoms with E-state index in [4.69, 9.17) is 0 Å². The van der Waals surface area contributed by atoms with Crippen molar-refractivity contribution in [1.82, 2.24) is 5.32 Å². The van der Waals surface area contributed by atoms with Gasteiger partial charge < -0.3 is 5.32 Å². The molecule has 0 amide bonds. The van der Waals surface area contributed by atoms with Crippen LogP contribution in [-0.2, 0) is 0 Å². The minimum absolute atomic E-state index is 0.0248. The van der Waals surface area contributed by atoms with Gasteiger partial charge in [0.15, 0.2) is 0 Å². The number of hydrogen-bond donors (Lipinski definition) is 1. The first-order valence-corrected chi connectivity index (χ1v) is 5.42. The summed E-state index contributed by atoms with van der Waals surface area (Å²) in [5.74, 6) is 5.20. The van der Waals surface area contributed by atoms with E-state index in [0.29, 0.717) is 13.0 Å². The van der Waals surface area contributed by atoms with Crippen LogP contribution in [0.15, 0.2) is 11.3 Å². The summed E-state index contributed by atoms with van der Waals surface area (Å²) in [6, 6.07) is 0. The summed E-state index contributed by atoms with van der Waals surface area (Å²) in [5, 5.41) is 2.87. The summed E-state index contributed by atoms with van der Waals surface area (Å²) in [6.45, 7) is 6.08. The van der Waals surface area contributed by atoms with Crippen molar-refractivity contribution in [1.29, 1.82) is 0 Å². The van der Waals surface area contributed by atoms with Gasteiger partial charge in [-0.1, -0.05) is 32.6 Å². The topological polar surface area (TPSA) is 12.0 Å². The fourth-order valence-electron chi connectivity index (χ4n) is 1.50. The van der Waals surface area contributed by atoms with Gasteiger partial charge in [-0.05, 0) is 12.3 Å². The molecule has 0 spiro atoms.